The van der Waals surface area contributed by atoms with Crippen LogP contribution in [0.25, 0.3) is 82.4 Å². The molecule has 0 unspecified atom stereocenters. The molecule has 0 saturated carbocycles. The Balaban J connectivity index is 1.45. The molecule has 5 heterocycles. The molecule has 3 aromatic heterocycles. The molecule has 250 valence electrons. The second-order valence-electron chi connectivity index (χ2n) is 12.4. The molecule has 6 heteroatoms. The van der Waals surface area contributed by atoms with E-state index in [-0.39, 0.29) is 0 Å². The van der Waals surface area contributed by atoms with Gasteiger partial charge in [0.2, 0.25) is 0 Å². The summed E-state index contributed by atoms with van der Waals surface area (Å²) in [6.07, 6.45) is 8.87. The zero-order chi connectivity index (χ0) is 35.0. The molecule has 8 bridgehead atoms. The fourth-order valence-corrected chi connectivity index (χ4v) is 13.5. The van der Waals surface area contributed by atoms with Gasteiger partial charge in [0.25, 0.3) is 0 Å². The summed E-state index contributed by atoms with van der Waals surface area (Å²) in [5.41, 5.74) is 13.5. The number of ether oxygens (including phenoxy) is 2. The summed E-state index contributed by atoms with van der Waals surface area (Å²) in [6.45, 7) is 0. The van der Waals surface area contributed by atoms with E-state index in [4.69, 9.17) is 19.4 Å². The van der Waals surface area contributed by atoms with Crippen LogP contribution in [0.2, 0.25) is 0 Å². The van der Waals surface area contributed by atoms with Crippen molar-refractivity contribution in [1.29, 1.82) is 0 Å². The summed E-state index contributed by atoms with van der Waals surface area (Å²) in [5, 5.41) is 0. The number of aromatic nitrogens is 2. The molecule has 2 aliphatic heterocycles. The predicted molar refractivity (Wildman–Crippen MR) is 219 cm³/mol. The molecular weight excluding hydrogens is 868 g/mol. The van der Waals surface area contributed by atoms with Crippen LogP contribution in [0.5, 0.6) is 11.5 Å². The average molecular weight is 900 g/mol. The molecule has 0 aliphatic carbocycles. The van der Waals surface area contributed by atoms with Crippen LogP contribution in [-0.4, -0.2) is 65.0 Å². The first-order valence-corrected chi connectivity index (χ1v) is 21.7. The molecule has 0 atom stereocenters. The van der Waals surface area contributed by atoms with E-state index in [9.17, 15) is 0 Å². The van der Waals surface area contributed by atoms with E-state index in [1.165, 1.54) is 47.0 Å². The molecular formula is C46H32N2O2Te2. The fourth-order valence-electron chi connectivity index (χ4n) is 6.88. The Labute approximate surface area is 322 Å². The predicted octanol–water partition coefficient (Wildman–Crippen LogP) is 10.8. The number of benzene rings is 4. The number of hydrogen-bond acceptors (Lipinski definition) is 4. The van der Waals surface area contributed by atoms with Crippen molar-refractivity contribution in [2.45, 2.75) is 0 Å². The molecule has 4 nitrogen and oxygen atoms in total. The first-order chi connectivity index (χ1) is 25.7. The topological polar surface area (TPSA) is 44.2 Å². The summed E-state index contributed by atoms with van der Waals surface area (Å²) in [5.74, 6) is 1.68. The van der Waals surface area contributed by atoms with Gasteiger partial charge in [0.1, 0.15) is 0 Å². The molecule has 0 spiro atoms. The molecule has 0 radical (unpaired) electrons. The van der Waals surface area contributed by atoms with Gasteiger partial charge in [-0.2, -0.15) is 0 Å². The van der Waals surface area contributed by atoms with Crippen LogP contribution in [0.1, 0.15) is 22.8 Å². The number of rotatable bonds is 6. The maximum atomic E-state index is 5.55. The molecule has 9 rings (SSSR count). The van der Waals surface area contributed by atoms with Crippen LogP contribution < -0.4 is 9.47 Å². The van der Waals surface area contributed by atoms with Gasteiger partial charge in [0.15, 0.2) is 0 Å². The third kappa shape index (κ3) is 6.17. The molecule has 52 heavy (non-hydrogen) atoms. The van der Waals surface area contributed by atoms with E-state index >= 15 is 0 Å². The van der Waals surface area contributed by atoms with Crippen molar-refractivity contribution in [2.24, 2.45) is 0 Å². The third-order valence-electron chi connectivity index (χ3n) is 9.38. The summed E-state index contributed by atoms with van der Waals surface area (Å²) in [4.78, 5) is 11.0. The average Bonchev–Trinajstić information content (AvgIpc) is 4.04. The first kappa shape index (κ1) is 32.9. The second-order valence-corrected chi connectivity index (χ2v) is 18.6. The van der Waals surface area contributed by atoms with Crippen molar-refractivity contribution in [3.63, 3.8) is 0 Å². The molecule has 7 aromatic rings. The van der Waals surface area contributed by atoms with Crippen molar-refractivity contribution in [3.8, 4) is 56.0 Å². The van der Waals surface area contributed by atoms with Gasteiger partial charge in [-0.05, 0) is 0 Å². The first-order valence-electron chi connectivity index (χ1n) is 17.0. The molecule has 4 aromatic carbocycles. The minimum atomic E-state index is -0.865. The fraction of sp³-hybridized carbons (Fsp3) is 0.0435. The van der Waals surface area contributed by atoms with Gasteiger partial charge in [0.05, 0.1) is 0 Å². The number of nitrogens with zero attached hydrogens (tertiary/aromatic N) is 2. The van der Waals surface area contributed by atoms with Crippen LogP contribution in [0.4, 0.5) is 0 Å². The summed E-state index contributed by atoms with van der Waals surface area (Å²) >= 11 is -1.68. The number of methoxy groups -OCH3 is 2. The van der Waals surface area contributed by atoms with Crippen LogP contribution >= 0.6 is 0 Å². The van der Waals surface area contributed by atoms with Crippen molar-refractivity contribution < 1.29 is 9.47 Å². The van der Waals surface area contributed by atoms with Crippen LogP contribution in [0.15, 0.2) is 133 Å². The Morgan fingerprint density at radius 1 is 0.346 bits per heavy atom. The van der Waals surface area contributed by atoms with Gasteiger partial charge in [-0.15, -0.1) is 0 Å². The Bertz CT molecular complexity index is 2490. The van der Waals surface area contributed by atoms with Crippen molar-refractivity contribution >= 4 is 78.8 Å². The van der Waals surface area contributed by atoms with Crippen molar-refractivity contribution in [1.82, 2.24) is 9.97 Å². The van der Waals surface area contributed by atoms with Crippen LogP contribution in [0, 0.1) is 0 Å². The maximum absolute atomic E-state index is 5.55. The Kier molecular flexibility index (Phi) is 9.01. The molecule has 0 fully saturated rings. The quantitative estimate of drug-likeness (QED) is 0.156. The standard InChI is InChI=1S/C46H32N2O2Te2/c1-49-33-17-13-31(14-18-33)45-37-23-21-35(47-37)43(29-9-5-3-6-10-29)39-25-26-40(51-39)44(30-11-7-4-8-12-30)36-22-24-38(48-36)46(42-28-27-41(45)52-42)32-15-19-34(50-2)20-16-32/h3-28H,1-2H3. The van der Waals surface area contributed by atoms with Crippen LogP contribution in [0.3, 0.4) is 0 Å². The Morgan fingerprint density at radius 3 is 0.923 bits per heavy atom. The zero-order valence-electron chi connectivity index (χ0n) is 28.5. The Morgan fingerprint density at radius 2 is 0.635 bits per heavy atom. The molecule has 0 N–H and O–H groups in total. The van der Waals surface area contributed by atoms with Crippen LogP contribution in [-0.2, 0) is 0 Å². The summed E-state index contributed by atoms with van der Waals surface area (Å²) < 4.78 is 16.5. The normalized spacial score (nSPS) is 11.9. The monoisotopic (exact) mass is 904 g/mol. The molecule has 0 saturated heterocycles. The van der Waals surface area contributed by atoms with Gasteiger partial charge < -0.3 is 0 Å². The van der Waals surface area contributed by atoms with E-state index in [2.05, 4.69) is 133 Å². The van der Waals surface area contributed by atoms with E-state index in [1.54, 1.807) is 14.2 Å². The Hall–Kier alpha value is -4.94. The van der Waals surface area contributed by atoms with Gasteiger partial charge in [-0.3, -0.25) is 0 Å². The summed E-state index contributed by atoms with van der Waals surface area (Å²) in [7, 11) is 3.42. The SMILES string of the molecule is COc1ccc(-c2c3nc(c(-c4ccccc4)c4ccc([te]4)c(-c4ccccc4)c4nc(c(-c5ccc(OC)cc5)c5ccc2[te]5)C=C4)C=C3)cc1. The van der Waals surface area contributed by atoms with Gasteiger partial charge in [0, 0.05) is 0 Å². The van der Waals surface area contributed by atoms with Crippen molar-refractivity contribution in [3.05, 3.63) is 156 Å². The minimum absolute atomic E-state index is 0.816. The van der Waals surface area contributed by atoms with Gasteiger partial charge in [-0.25, -0.2) is 0 Å². The summed E-state index contributed by atoms with van der Waals surface area (Å²) in [6, 6.07) is 47.7. The van der Waals surface area contributed by atoms with E-state index in [0.29, 0.717) is 0 Å². The van der Waals surface area contributed by atoms with E-state index in [1.807, 2.05) is 24.3 Å². The van der Waals surface area contributed by atoms with E-state index < -0.39 is 40.9 Å². The third-order valence-corrected chi connectivity index (χ3v) is 15.8. The van der Waals surface area contributed by atoms with Gasteiger partial charge >= 0.3 is 325 Å². The van der Waals surface area contributed by atoms with Crippen molar-refractivity contribution in [2.75, 3.05) is 14.2 Å². The number of fused-ring (bicyclic) bond motifs is 8. The molecule has 2 aliphatic rings. The zero-order valence-corrected chi connectivity index (χ0v) is 33.2. The van der Waals surface area contributed by atoms with E-state index in [0.717, 1.165) is 45.4 Å². The molecule has 0 amide bonds. The van der Waals surface area contributed by atoms with Gasteiger partial charge in [-0.1, -0.05) is 0 Å². The number of hydrogen-bond donors (Lipinski definition) is 0. The second kappa shape index (κ2) is 14.2.